The van der Waals surface area contributed by atoms with Crippen LogP contribution in [0.5, 0.6) is 0 Å². The number of aliphatic imine (C=N–C) groups is 2. The van der Waals surface area contributed by atoms with Gasteiger partial charge in [-0.05, 0) is 51.5 Å². The average molecular weight is 437 g/mol. The molecule has 8 nitrogen and oxygen atoms in total. The molecule has 0 unspecified atom stereocenters. The van der Waals surface area contributed by atoms with Crippen LogP contribution in [0.4, 0.5) is 0 Å². The van der Waals surface area contributed by atoms with Gasteiger partial charge in [0.15, 0.2) is 0 Å². The van der Waals surface area contributed by atoms with Crippen molar-refractivity contribution in [2.24, 2.45) is 9.98 Å². The Bertz CT molecular complexity index is 411. The highest BCUT2D eigenvalue weighted by atomic mass is 28.4. The summed E-state index contributed by atoms with van der Waals surface area (Å²) in [5.74, 6) is 0. The average Bonchev–Trinajstić information content (AvgIpc) is 2.74. The first kappa shape index (κ1) is 27.5. The van der Waals surface area contributed by atoms with Gasteiger partial charge < -0.3 is 26.6 Å². The third kappa shape index (κ3) is 11.5. The maximum absolute atomic E-state index is 5.67. The molecule has 28 heavy (non-hydrogen) atoms. The minimum Gasteiger partial charge on any atom is -0.377 e. The minimum absolute atomic E-state index is 0.604. The fraction of sp³-hybridized carbons (Fsp3) is 0.889. The minimum atomic E-state index is -2.47. The number of hydrogen-bond acceptors (Lipinski definition) is 8. The fourth-order valence-corrected chi connectivity index (χ4v) is 6.38. The van der Waals surface area contributed by atoms with Gasteiger partial charge in [0.25, 0.3) is 0 Å². The number of rotatable bonds is 19. The molecule has 0 aromatic rings. The summed E-state index contributed by atoms with van der Waals surface area (Å²) in [6.45, 7) is 4.10. The first-order valence-electron chi connectivity index (χ1n) is 9.93. The first-order valence-corrected chi connectivity index (χ1v) is 13.8. The zero-order valence-corrected chi connectivity index (χ0v) is 20.6. The van der Waals surface area contributed by atoms with E-state index < -0.39 is 17.6 Å². The molecule has 0 aromatic heterocycles. The summed E-state index contributed by atoms with van der Waals surface area (Å²) < 4.78 is 32.8. The molecule has 10 heteroatoms. The molecular formula is C18H40N2O6Si2. The first-order chi connectivity index (χ1) is 13.6. The normalized spacial score (nSPS) is 13.2. The van der Waals surface area contributed by atoms with Gasteiger partial charge in [-0.2, -0.15) is 0 Å². The van der Waals surface area contributed by atoms with E-state index in [1.807, 2.05) is 19.4 Å². The van der Waals surface area contributed by atoms with Crippen molar-refractivity contribution in [2.45, 2.75) is 51.1 Å². The lowest BCUT2D eigenvalue weighted by Crippen LogP contribution is -2.43. The molecule has 0 saturated carbocycles. The van der Waals surface area contributed by atoms with Gasteiger partial charge >= 0.3 is 17.6 Å². The van der Waals surface area contributed by atoms with E-state index in [0.717, 1.165) is 57.3 Å². The Hall–Kier alpha value is -0.466. The third-order valence-corrected chi connectivity index (χ3v) is 10.2. The highest BCUT2D eigenvalue weighted by molar-refractivity contribution is 6.60. The van der Waals surface area contributed by atoms with E-state index in [0.29, 0.717) is 6.61 Å². The van der Waals surface area contributed by atoms with E-state index >= 15 is 0 Å². The SMILES string of the molecule is CCO[Si](CCCN=CCCCC=NCCC[Si](OC)(OC)OC)(OC)OC. The lowest BCUT2D eigenvalue weighted by Gasteiger charge is -2.25. The van der Waals surface area contributed by atoms with E-state index in [1.165, 1.54) is 0 Å². The van der Waals surface area contributed by atoms with Crippen LogP contribution >= 0.6 is 0 Å². The van der Waals surface area contributed by atoms with Crippen LogP contribution < -0.4 is 0 Å². The van der Waals surface area contributed by atoms with Crippen molar-refractivity contribution >= 4 is 30.0 Å². The summed E-state index contributed by atoms with van der Waals surface area (Å²) in [6, 6.07) is 1.57. The summed E-state index contributed by atoms with van der Waals surface area (Å²) in [4.78, 5) is 8.89. The Kier molecular flexibility index (Phi) is 17.1. The Morgan fingerprint density at radius 1 is 0.643 bits per heavy atom. The molecule has 0 rings (SSSR count). The van der Waals surface area contributed by atoms with Crippen molar-refractivity contribution in [3.63, 3.8) is 0 Å². The lowest BCUT2D eigenvalue weighted by atomic mass is 10.2. The van der Waals surface area contributed by atoms with E-state index in [4.69, 9.17) is 26.6 Å². The van der Waals surface area contributed by atoms with Crippen LogP contribution in [0, 0.1) is 0 Å². The summed E-state index contributed by atoms with van der Waals surface area (Å²) in [6.07, 6.45) is 8.75. The van der Waals surface area contributed by atoms with Gasteiger partial charge in [0.05, 0.1) is 0 Å². The van der Waals surface area contributed by atoms with Crippen molar-refractivity contribution in [3.05, 3.63) is 0 Å². The van der Waals surface area contributed by atoms with Crippen molar-refractivity contribution in [3.8, 4) is 0 Å². The zero-order chi connectivity index (χ0) is 21.1. The maximum atomic E-state index is 5.67. The summed E-state index contributed by atoms with van der Waals surface area (Å²) in [7, 11) is 3.29. The topological polar surface area (TPSA) is 80.1 Å². The predicted octanol–water partition coefficient (Wildman–Crippen LogP) is 3.22. The number of hydrogen-bond donors (Lipinski definition) is 0. The van der Waals surface area contributed by atoms with Gasteiger partial charge in [-0.1, -0.05) is 0 Å². The van der Waals surface area contributed by atoms with Crippen LogP contribution in [0.3, 0.4) is 0 Å². The monoisotopic (exact) mass is 436 g/mol. The molecule has 0 fully saturated rings. The number of unbranched alkanes of at least 4 members (excludes halogenated alkanes) is 2. The van der Waals surface area contributed by atoms with Gasteiger partial charge in [0.1, 0.15) is 0 Å². The molecule has 166 valence electrons. The summed E-state index contributed by atoms with van der Waals surface area (Å²) in [5, 5.41) is 0. The Labute approximate surface area is 173 Å². The van der Waals surface area contributed by atoms with Gasteiger partial charge in [-0.15, -0.1) is 0 Å². The van der Waals surface area contributed by atoms with Crippen LogP contribution in [0.1, 0.15) is 39.0 Å². The standard InChI is InChI=1S/C18H40N2O6Si2/c1-7-26-28(24-5,25-6)18-12-16-20-14-10-8-9-13-19-15-11-17-27(21-2,22-3)23-4/h13-14H,7-12,15-18H2,1-6H3. The largest absolute Gasteiger partial charge is 0.500 e. The lowest BCUT2D eigenvalue weighted by molar-refractivity contribution is 0.103. The molecule has 0 N–H and O–H groups in total. The van der Waals surface area contributed by atoms with Gasteiger partial charge in [-0.3, -0.25) is 9.98 Å². The van der Waals surface area contributed by atoms with Crippen LogP contribution in [0.15, 0.2) is 9.98 Å². The molecule has 0 radical (unpaired) electrons. The van der Waals surface area contributed by atoms with Crippen molar-refractivity contribution < 1.29 is 26.6 Å². The molecule has 0 heterocycles. The van der Waals surface area contributed by atoms with E-state index in [-0.39, 0.29) is 0 Å². The zero-order valence-electron chi connectivity index (χ0n) is 18.6. The fourth-order valence-electron chi connectivity index (χ4n) is 2.69. The molecule has 0 saturated heterocycles. The van der Waals surface area contributed by atoms with Crippen molar-refractivity contribution in [2.75, 3.05) is 55.2 Å². The molecule has 0 atom stereocenters. The second-order valence-electron chi connectivity index (χ2n) is 6.14. The quantitative estimate of drug-likeness (QED) is 0.176. The van der Waals surface area contributed by atoms with E-state index in [2.05, 4.69) is 9.98 Å². The molecule has 0 aliphatic carbocycles. The van der Waals surface area contributed by atoms with E-state index in [9.17, 15) is 0 Å². The van der Waals surface area contributed by atoms with Crippen LogP contribution in [-0.4, -0.2) is 85.3 Å². The predicted molar refractivity (Wildman–Crippen MR) is 118 cm³/mol. The van der Waals surface area contributed by atoms with Gasteiger partial charge in [-0.25, -0.2) is 0 Å². The molecule has 0 spiro atoms. The van der Waals surface area contributed by atoms with Crippen molar-refractivity contribution in [1.82, 2.24) is 0 Å². The molecule has 0 aliphatic rings. The van der Waals surface area contributed by atoms with Crippen LogP contribution in [0.2, 0.25) is 12.1 Å². The summed E-state index contributed by atoms with van der Waals surface area (Å²) >= 11 is 0. The highest BCUT2D eigenvalue weighted by Gasteiger charge is 2.38. The maximum Gasteiger partial charge on any atom is 0.500 e. The molecule has 0 aliphatic heterocycles. The van der Waals surface area contributed by atoms with Crippen LogP contribution in [-0.2, 0) is 26.6 Å². The van der Waals surface area contributed by atoms with Gasteiger partial charge in [0, 0.05) is 67.3 Å². The summed E-state index contributed by atoms with van der Waals surface area (Å²) in [5.41, 5.74) is 0. The Morgan fingerprint density at radius 2 is 1.07 bits per heavy atom. The van der Waals surface area contributed by atoms with Gasteiger partial charge in [0.2, 0.25) is 0 Å². The number of nitrogens with zero attached hydrogens (tertiary/aromatic N) is 2. The second-order valence-corrected chi connectivity index (χ2v) is 12.2. The van der Waals surface area contributed by atoms with Crippen LogP contribution in [0.25, 0.3) is 0 Å². The molecule has 0 aromatic carbocycles. The Balaban J connectivity index is 3.76. The van der Waals surface area contributed by atoms with Crippen molar-refractivity contribution in [1.29, 1.82) is 0 Å². The molecular weight excluding hydrogens is 396 g/mol. The molecule has 0 bridgehead atoms. The highest BCUT2D eigenvalue weighted by Crippen LogP contribution is 2.16. The third-order valence-electron chi connectivity index (χ3n) is 4.38. The Morgan fingerprint density at radius 3 is 1.46 bits per heavy atom. The smallest absolute Gasteiger partial charge is 0.377 e. The molecule has 0 amide bonds. The van der Waals surface area contributed by atoms with E-state index in [1.54, 1.807) is 35.5 Å². The second kappa shape index (κ2) is 17.4.